The predicted molar refractivity (Wildman–Crippen MR) is 124 cm³/mol. The van der Waals surface area contributed by atoms with Crippen LogP contribution in [-0.2, 0) is 18.6 Å². The van der Waals surface area contributed by atoms with Gasteiger partial charge in [0.2, 0.25) is 0 Å². The SMILES string of the molecule is CN(Cc1cc(C2CC2)n[nH]1)Cc1cc2cc(Cl)c3c(c2o1)C1(CCCCC1)NC(=O)N3. The zero-order valence-corrected chi connectivity index (χ0v) is 19.0. The van der Waals surface area contributed by atoms with Gasteiger partial charge in [-0.3, -0.25) is 10.00 Å². The second kappa shape index (κ2) is 7.52. The summed E-state index contributed by atoms with van der Waals surface area (Å²) in [6.07, 6.45) is 7.66. The Bertz CT molecular complexity index is 1190. The summed E-state index contributed by atoms with van der Waals surface area (Å²) in [5.41, 5.74) is 4.44. The first-order chi connectivity index (χ1) is 15.5. The number of hydrogen-bond donors (Lipinski definition) is 3. The summed E-state index contributed by atoms with van der Waals surface area (Å²) in [5, 5.41) is 15.3. The van der Waals surface area contributed by atoms with Crippen LogP contribution < -0.4 is 10.6 Å². The first-order valence-electron chi connectivity index (χ1n) is 11.6. The molecule has 3 N–H and O–H groups in total. The quantitative estimate of drug-likeness (QED) is 0.468. The first-order valence-corrected chi connectivity index (χ1v) is 12.0. The maximum absolute atomic E-state index is 12.4. The summed E-state index contributed by atoms with van der Waals surface area (Å²) >= 11 is 6.64. The third kappa shape index (κ3) is 3.48. The molecule has 3 aliphatic rings. The number of amides is 2. The van der Waals surface area contributed by atoms with Gasteiger partial charge in [0.1, 0.15) is 11.3 Å². The van der Waals surface area contributed by atoms with E-state index in [9.17, 15) is 4.79 Å². The minimum absolute atomic E-state index is 0.183. The molecule has 0 saturated heterocycles. The number of nitrogens with zero attached hydrogens (tertiary/aromatic N) is 2. The van der Waals surface area contributed by atoms with E-state index >= 15 is 0 Å². The summed E-state index contributed by atoms with van der Waals surface area (Å²) in [6.45, 7) is 1.45. The number of rotatable bonds is 5. The normalized spacial score (nSPS) is 19.9. The molecule has 0 bridgehead atoms. The second-order valence-corrected chi connectivity index (χ2v) is 10.1. The average Bonchev–Trinajstić information content (AvgIpc) is 3.38. The van der Waals surface area contributed by atoms with Gasteiger partial charge in [0.15, 0.2) is 0 Å². The van der Waals surface area contributed by atoms with Crippen LogP contribution in [0.3, 0.4) is 0 Å². The van der Waals surface area contributed by atoms with E-state index in [2.05, 4.69) is 44.9 Å². The van der Waals surface area contributed by atoms with Crippen LogP contribution >= 0.6 is 11.6 Å². The van der Waals surface area contributed by atoms with Crippen molar-refractivity contribution in [3.05, 3.63) is 45.9 Å². The molecule has 2 aromatic heterocycles. The Morgan fingerprint density at radius 2 is 2.00 bits per heavy atom. The summed E-state index contributed by atoms with van der Waals surface area (Å²) in [6, 6.07) is 5.98. The molecule has 6 rings (SSSR count). The van der Waals surface area contributed by atoms with Gasteiger partial charge in [-0.2, -0.15) is 5.10 Å². The van der Waals surface area contributed by atoms with E-state index in [0.717, 1.165) is 60.2 Å². The van der Waals surface area contributed by atoms with Crippen LogP contribution in [0.5, 0.6) is 0 Å². The lowest BCUT2D eigenvalue weighted by Crippen LogP contribution is -2.52. The fraction of sp³-hybridized carbons (Fsp3) is 0.500. The number of carbonyl (C=O) groups excluding carboxylic acids is 1. The van der Waals surface area contributed by atoms with Crippen molar-refractivity contribution in [1.82, 2.24) is 20.4 Å². The number of aromatic nitrogens is 2. The molecule has 2 aliphatic carbocycles. The molecule has 0 atom stereocenters. The van der Waals surface area contributed by atoms with Crippen molar-refractivity contribution in [3.8, 4) is 0 Å². The molecule has 2 fully saturated rings. The molecule has 168 valence electrons. The van der Waals surface area contributed by atoms with E-state index < -0.39 is 5.54 Å². The van der Waals surface area contributed by atoms with Gasteiger partial charge in [0.05, 0.1) is 28.5 Å². The Morgan fingerprint density at radius 1 is 1.19 bits per heavy atom. The average molecular weight is 454 g/mol. The zero-order chi connectivity index (χ0) is 21.9. The van der Waals surface area contributed by atoms with E-state index in [4.69, 9.17) is 16.0 Å². The van der Waals surface area contributed by atoms with Crippen molar-refractivity contribution >= 4 is 34.3 Å². The molecule has 1 aliphatic heterocycles. The molecule has 2 saturated carbocycles. The monoisotopic (exact) mass is 453 g/mol. The van der Waals surface area contributed by atoms with Gasteiger partial charge in [0.25, 0.3) is 0 Å². The number of carbonyl (C=O) groups is 1. The lowest BCUT2D eigenvalue weighted by molar-refractivity contribution is 0.208. The number of hydrogen-bond acceptors (Lipinski definition) is 4. The summed E-state index contributed by atoms with van der Waals surface area (Å²) in [4.78, 5) is 14.6. The molecule has 7 nitrogen and oxygen atoms in total. The number of benzene rings is 1. The Morgan fingerprint density at radius 3 is 2.78 bits per heavy atom. The molecule has 32 heavy (non-hydrogen) atoms. The Labute approximate surface area is 191 Å². The second-order valence-electron chi connectivity index (χ2n) is 9.73. The lowest BCUT2D eigenvalue weighted by Gasteiger charge is -2.42. The number of aromatic amines is 1. The fourth-order valence-electron chi connectivity index (χ4n) is 5.48. The van der Waals surface area contributed by atoms with Crippen molar-refractivity contribution < 1.29 is 9.21 Å². The summed E-state index contributed by atoms with van der Waals surface area (Å²) < 4.78 is 6.43. The van der Waals surface area contributed by atoms with Crippen molar-refractivity contribution in [2.75, 3.05) is 12.4 Å². The molecule has 3 aromatic rings. The van der Waals surface area contributed by atoms with Crippen molar-refractivity contribution in [2.24, 2.45) is 0 Å². The third-order valence-electron chi connectivity index (χ3n) is 7.10. The molecular weight excluding hydrogens is 426 g/mol. The standard InChI is InChI=1S/C24H28ClN5O2/c1-30(12-16-11-19(29-28-16)14-5-6-14)13-17-9-15-10-18(25)21-20(22(15)32-17)24(27-23(31)26-21)7-3-2-4-8-24/h9-11,14H,2-8,12-13H2,1H3,(H,28,29)(H2,26,27,31). The molecule has 0 radical (unpaired) electrons. The van der Waals surface area contributed by atoms with Gasteiger partial charge in [-0.05, 0) is 50.9 Å². The number of furan rings is 1. The van der Waals surface area contributed by atoms with Gasteiger partial charge >= 0.3 is 6.03 Å². The van der Waals surface area contributed by atoms with E-state index in [1.165, 1.54) is 25.0 Å². The van der Waals surface area contributed by atoms with Gasteiger partial charge in [-0.25, -0.2) is 4.79 Å². The Hall–Kier alpha value is -2.51. The molecule has 1 aromatic carbocycles. The van der Waals surface area contributed by atoms with Gasteiger partial charge in [-0.15, -0.1) is 0 Å². The highest BCUT2D eigenvalue weighted by molar-refractivity contribution is 6.35. The summed E-state index contributed by atoms with van der Waals surface area (Å²) in [7, 11) is 2.08. The highest BCUT2D eigenvalue weighted by Crippen LogP contribution is 2.49. The molecule has 8 heteroatoms. The predicted octanol–water partition coefficient (Wildman–Crippen LogP) is 5.61. The number of H-pyrrole nitrogens is 1. The van der Waals surface area contributed by atoms with Gasteiger partial charge in [0, 0.05) is 29.1 Å². The number of nitrogens with one attached hydrogen (secondary N) is 3. The van der Waals surface area contributed by atoms with Gasteiger partial charge < -0.3 is 15.1 Å². The summed E-state index contributed by atoms with van der Waals surface area (Å²) in [5.74, 6) is 1.54. The molecule has 1 spiro atoms. The van der Waals surface area contributed by atoms with Crippen molar-refractivity contribution in [1.29, 1.82) is 0 Å². The maximum atomic E-state index is 12.4. The molecule has 2 amide bonds. The Balaban J connectivity index is 1.31. The number of anilines is 1. The van der Waals surface area contributed by atoms with E-state index in [1.54, 1.807) is 0 Å². The van der Waals surface area contributed by atoms with E-state index in [0.29, 0.717) is 23.2 Å². The molecule has 0 unspecified atom stereocenters. The van der Waals surface area contributed by atoms with Crippen LogP contribution in [0.1, 0.15) is 73.6 Å². The maximum Gasteiger partial charge on any atom is 0.319 e. The van der Waals surface area contributed by atoms with Crippen LogP contribution in [-0.4, -0.2) is 28.2 Å². The topological polar surface area (TPSA) is 86.2 Å². The number of fused-ring (bicyclic) bond motifs is 4. The van der Waals surface area contributed by atoms with Crippen LogP contribution in [0.25, 0.3) is 11.0 Å². The highest BCUT2D eigenvalue weighted by atomic mass is 35.5. The number of halogens is 1. The molecular formula is C24H28ClN5O2. The molecule has 3 heterocycles. The third-order valence-corrected chi connectivity index (χ3v) is 7.40. The highest BCUT2D eigenvalue weighted by Gasteiger charge is 2.43. The zero-order valence-electron chi connectivity index (χ0n) is 18.3. The van der Waals surface area contributed by atoms with Crippen molar-refractivity contribution in [3.63, 3.8) is 0 Å². The van der Waals surface area contributed by atoms with Gasteiger partial charge in [-0.1, -0.05) is 30.9 Å². The Kier molecular flexibility index (Phi) is 4.73. The fourth-order valence-corrected chi connectivity index (χ4v) is 5.74. The first kappa shape index (κ1) is 20.1. The van der Waals surface area contributed by atoms with Crippen molar-refractivity contribution in [2.45, 2.75) is 69.5 Å². The van der Waals surface area contributed by atoms with E-state index in [-0.39, 0.29) is 6.03 Å². The minimum Gasteiger partial charge on any atom is -0.459 e. The largest absolute Gasteiger partial charge is 0.459 e. The van der Waals surface area contributed by atoms with Crippen LogP contribution in [0.2, 0.25) is 5.02 Å². The number of urea groups is 1. The smallest absolute Gasteiger partial charge is 0.319 e. The minimum atomic E-state index is -0.408. The van der Waals surface area contributed by atoms with E-state index in [1.807, 2.05) is 6.07 Å². The van der Waals surface area contributed by atoms with Crippen LogP contribution in [0.4, 0.5) is 10.5 Å². The van der Waals surface area contributed by atoms with Crippen LogP contribution in [0.15, 0.2) is 22.6 Å². The lowest BCUT2D eigenvalue weighted by atomic mass is 9.74. The van der Waals surface area contributed by atoms with Crippen LogP contribution in [0, 0.1) is 0 Å².